The third-order valence-electron chi connectivity index (χ3n) is 7.59. The molecule has 1 aliphatic carbocycles. The highest BCUT2D eigenvalue weighted by Crippen LogP contribution is 2.59. The third kappa shape index (κ3) is 3.30. The summed E-state index contributed by atoms with van der Waals surface area (Å²) >= 11 is 1.97. The van der Waals surface area contributed by atoms with Crippen LogP contribution in [0.5, 0.6) is 0 Å². The lowest BCUT2D eigenvalue weighted by Crippen LogP contribution is -2.12. The van der Waals surface area contributed by atoms with Gasteiger partial charge in [0.2, 0.25) is 0 Å². The minimum atomic E-state index is 0.287. The van der Waals surface area contributed by atoms with E-state index in [0.29, 0.717) is 5.92 Å². The molecule has 0 fully saturated rings. The van der Waals surface area contributed by atoms with E-state index >= 15 is 0 Å². The van der Waals surface area contributed by atoms with Crippen LogP contribution in [0.25, 0.3) is 45.4 Å². The number of thioether (sulfide) groups is 1. The van der Waals surface area contributed by atoms with Crippen LogP contribution < -0.4 is 0 Å². The molecule has 180 valence electrons. The SMILES string of the molecule is C1=CC2c3ccccc3SC2c2c1c1ccccc1n2-c1cc(-c2ccccc2)nc(-c2ccccc2)n1. The van der Waals surface area contributed by atoms with Gasteiger partial charge in [-0.25, -0.2) is 9.97 Å². The van der Waals surface area contributed by atoms with Crippen LogP contribution in [0.1, 0.15) is 28.0 Å². The van der Waals surface area contributed by atoms with Gasteiger partial charge in [0.15, 0.2) is 5.82 Å². The van der Waals surface area contributed by atoms with Crippen molar-refractivity contribution in [2.45, 2.75) is 16.1 Å². The van der Waals surface area contributed by atoms with Gasteiger partial charge in [-0.05, 0) is 17.7 Å². The van der Waals surface area contributed by atoms with Gasteiger partial charge in [-0.15, -0.1) is 11.8 Å². The molecule has 2 atom stereocenters. The molecule has 6 aromatic rings. The van der Waals surface area contributed by atoms with Gasteiger partial charge >= 0.3 is 0 Å². The number of allylic oxidation sites excluding steroid dienone is 1. The monoisotopic (exact) mass is 505 g/mol. The molecule has 0 amide bonds. The first kappa shape index (κ1) is 21.7. The smallest absolute Gasteiger partial charge is 0.162 e. The molecule has 3 heterocycles. The largest absolute Gasteiger partial charge is 0.296 e. The molecule has 2 aliphatic rings. The van der Waals surface area contributed by atoms with Crippen molar-refractivity contribution in [2.24, 2.45) is 0 Å². The Morgan fingerprint density at radius 1 is 0.684 bits per heavy atom. The molecule has 0 spiro atoms. The van der Waals surface area contributed by atoms with Gasteiger partial charge < -0.3 is 0 Å². The number of aromatic nitrogens is 3. The zero-order valence-electron chi connectivity index (χ0n) is 20.5. The van der Waals surface area contributed by atoms with Gasteiger partial charge in [0, 0.05) is 44.7 Å². The molecule has 8 rings (SSSR count). The zero-order valence-corrected chi connectivity index (χ0v) is 21.3. The summed E-state index contributed by atoms with van der Waals surface area (Å²) in [4.78, 5) is 11.6. The molecule has 0 saturated heterocycles. The van der Waals surface area contributed by atoms with E-state index < -0.39 is 0 Å². The van der Waals surface area contributed by atoms with Crippen molar-refractivity contribution in [3.8, 4) is 28.5 Å². The first-order chi connectivity index (χ1) is 18.8. The molecule has 3 nitrogen and oxygen atoms in total. The molecule has 1 aliphatic heterocycles. The van der Waals surface area contributed by atoms with E-state index in [2.05, 4.69) is 108 Å². The maximum Gasteiger partial charge on any atom is 0.162 e. The van der Waals surface area contributed by atoms with Crippen LogP contribution in [0.4, 0.5) is 0 Å². The Labute approximate surface area is 225 Å². The number of nitrogens with zero attached hydrogens (tertiary/aromatic N) is 3. The maximum atomic E-state index is 5.21. The van der Waals surface area contributed by atoms with Crippen molar-refractivity contribution in [2.75, 3.05) is 0 Å². The van der Waals surface area contributed by atoms with Crippen molar-refractivity contribution in [1.82, 2.24) is 14.5 Å². The lowest BCUT2D eigenvalue weighted by atomic mass is 9.87. The minimum Gasteiger partial charge on any atom is -0.296 e. The minimum absolute atomic E-state index is 0.287. The number of hydrogen-bond acceptors (Lipinski definition) is 3. The lowest BCUT2D eigenvalue weighted by Gasteiger charge is -2.24. The van der Waals surface area contributed by atoms with Gasteiger partial charge in [0.1, 0.15) is 5.82 Å². The van der Waals surface area contributed by atoms with Crippen LogP contribution in [0, 0.1) is 0 Å². The molecular weight excluding hydrogens is 482 g/mol. The van der Waals surface area contributed by atoms with Crippen LogP contribution in [-0.2, 0) is 0 Å². The Bertz CT molecular complexity index is 1800. The number of rotatable bonds is 3. The summed E-state index contributed by atoms with van der Waals surface area (Å²) in [7, 11) is 0. The molecule has 0 bridgehead atoms. The van der Waals surface area contributed by atoms with E-state index in [0.717, 1.165) is 28.5 Å². The van der Waals surface area contributed by atoms with Crippen LogP contribution in [0.15, 0.2) is 126 Å². The Hall–Kier alpha value is -4.41. The van der Waals surface area contributed by atoms with E-state index in [1.165, 1.54) is 32.6 Å². The molecular formula is C34H23N3S. The summed E-state index contributed by atoms with van der Waals surface area (Å²) in [6.07, 6.45) is 4.72. The molecule has 0 saturated carbocycles. The molecule has 4 aromatic carbocycles. The summed E-state index contributed by atoms with van der Waals surface area (Å²) < 4.78 is 2.39. The fourth-order valence-electron chi connectivity index (χ4n) is 5.88. The lowest BCUT2D eigenvalue weighted by molar-refractivity contribution is 0.769. The van der Waals surface area contributed by atoms with E-state index in [1.54, 1.807) is 0 Å². The van der Waals surface area contributed by atoms with Crippen molar-refractivity contribution in [3.05, 3.63) is 138 Å². The van der Waals surface area contributed by atoms with Crippen LogP contribution in [-0.4, -0.2) is 14.5 Å². The Morgan fingerprint density at radius 3 is 2.24 bits per heavy atom. The Morgan fingerprint density at radius 2 is 1.39 bits per heavy atom. The maximum absolute atomic E-state index is 5.21. The average Bonchev–Trinajstić information content (AvgIpc) is 3.54. The quantitative estimate of drug-likeness (QED) is 0.241. The number of para-hydroxylation sites is 1. The molecule has 0 N–H and O–H groups in total. The Balaban J connectivity index is 1.41. The molecule has 2 unspecified atom stereocenters. The van der Waals surface area contributed by atoms with Gasteiger partial charge in [-0.2, -0.15) is 0 Å². The van der Waals surface area contributed by atoms with Gasteiger partial charge in [-0.3, -0.25) is 4.57 Å². The Kier molecular flexibility index (Phi) is 4.89. The fourth-order valence-corrected chi connectivity index (χ4v) is 7.37. The number of benzene rings is 4. The number of fused-ring (bicyclic) bond motifs is 7. The normalized spacial score (nSPS) is 17.3. The van der Waals surface area contributed by atoms with Crippen LogP contribution >= 0.6 is 11.8 Å². The van der Waals surface area contributed by atoms with Gasteiger partial charge in [0.25, 0.3) is 0 Å². The highest BCUT2D eigenvalue weighted by atomic mass is 32.2. The van der Waals surface area contributed by atoms with Crippen molar-refractivity contribution in [3.63, 3.8) is 0 Å². The summed E-state index contributed by atoms with van der Waals surface area (Å²) in [5.41, 5.74) is 8.22. The van der Waals surface area contributed by atoms with Gasteiger partial charge in [-0.1, -0.05) is 109 Å². The molecule has 2 aromatic heterocycles. The van der Waals surface area contributed by atoms with Crippen LogP contribution in [0.2, 0.25) is 0 Å². The molecule has 38 heavy (non-hydrogen) atoms. The zero-order chi connectivity index (χ0) is 25.1. The fraction of sp³-hybridized carbons (Fsp3) is 0.0588. The third-order valence-corrected chi connectivity index (χ3v) is 8.99. The van der Waals surface area contributed by atoms with Crippen molar-refractivity contribution in [1.29, 1.82) is 0 Å². The van der Waals surface area contributed by atoms with Gasteiger partial charge in [0.05, 0.1) is 16.5 Å². The topological polar surface area (TPSA) is 30.7 Å². The summed E-state index contributed by atoms with van der Waals surface area (Å²) in [5, 5.41) is 1.55. The van der Waals surface area contributed by atoms with E-state index in [9.17, 15) is 0 Å². The second-order valence-corrected chi connectivity index (χ2v) is 11.0. The standard InChI is InChI=1S/C34H23N3S/c1-3-11-22(12-4-1)28-21-31(36-34(35-28)23-13-5-2-6-14-23)37-29-17-9-7-15-24(29)26-19-20-27-25-16-8-10-18-30(25)38-33(27)32(26)37/h1-21,27,33H. The predicted octanol–water partition coefficient (Wildman–Crippen LogP) is 8.71. The second kappa shape index (κ2) is 8.57. The summed E-state index contributed by atoms with van der Waals surface area (Å²) in [6, 6.07) is 40.4. The van der Waals surface area contributed by atoms with E-state index in [4.69, 9.17) is 9.97 Å². The predicted molar refractivity (Wildman–Crippen MR) is 157 cm³/mol. The number of hydrogen-bond donors (Lipinski definition) is 0. The highest BCUT2D eigenvalue weighted by molar-refractivity contribution is 8.00. The van der Waals surface area contributed by atoms with Crippen LogP contribution in [0.3, 0.4) is 0 Å². The first-order valence-electron chi connectivity index (χ1n) is 12.9. The average molecular weight is 506 g/mol. The molecule has 0 radical (unpaired) electrons. The van der Waals surface area contributed by atoms with Crippen molar-refractivity contribution < 1.29 is 0 Å². The highest BCUT2D eigenvalue weighted by Gasteiger charge is 2.39. The summed E-state index contributed by atoms with van der Waals surface area (Å²) in [5.74, 6) is 1.98. The first-order valence-corrected chi connectivity index (χ1v) is 13.8. The van der Waals surface area contributed by atoms with E-state index in [-0.39, 0.29) is 5.25 Å². The summed E-state index contributed by atoms with van der Waals surface area (Å²) in [6.45, 7) is 0. The van der Waals surface area contributed by atoms with E-state index in [1.807, 2.05) is 36.0 Å². The second-order valence-electron chi connectivity index (χ2n) is 9.78. The van der Waals surface area contributed by atoms with Crippen molar-refractivity contribution >= 4 is 28.7 Å². The molecule has 4 heteroatoms.